The second-order valence-electron chi connectivity index (χ2n) is 8.99. The topological polar surface area (TPSA) is 112 Å². The number of aryl methyl sites for hydroxylation is 2. The molecule has 2 aromatic rings. The Morgan fingerprint density at radius 3 is 2.38 bits per heavy atom. The maximum Gasteiger partial charge on any atom is 0.494 e. The molecule has 5 N–H and O–H groups in total. The number of amides is 2. The van der Waals surface area contributed by atoms with Gasteiger partial charge in [0.15, 0.2) is 0 Å². The normalized spacial score (nSPS) is 16.7. The molecule has 2 aromatic carbocycles. The van der Waals surface area contributed by atoms with Crippen LogP contribution in [-0.2, 0) is 22.3 Å². The first-order valence-electron chi connectivity index (χ1n) is 10.8. The lowest BCUT2D eigenvalue weighted by molar-refractivity contribution is 0.00578. The molecule has 0 atom stereocenters. The third-order valence-electron chi connectivity index (χ3n) is 6.33. The molecule has 9 heteroatoms. The van der Waals surface area contributed by atoms with Crippen LogP contribution in [0.25, 0.3) is 0 Å². The highest BCUT2D eigenvalue weighted by molar-refractivity contribution is 6.62. The lowest BCUT2D eigenvalue weighted by Crippen LogP contribution is -2.48. The highest BCUT2D eigenvalue weighted by atomic mass is 16.7. The Morgan fingerprint density at radius 2 is 1.81 bits per heavy atom. The number of ether oxygens (including phenoxy) is 1. The number of hydrazine groups is 2. The van der Waals surface area contributed by atoms with E-state index in [1.165, 1.54) is 0 Å². The van der Waals surface area contributed by atoms with Gasteiger partial charge >= 0.3 is 13.1 Å². The molecule has 8 nitrogen and oxygen atoms in total. The van der Waals surface area contributed by atoms with E-state index in [4.69, 9.17) is 25.7 Å². The Bertz CT molecular complexity index is 980. The molecule has 32 heavy (non-hydrogen) atoms. The van der Waals surface area contributed by atoms with Crippen molar-refractivity contribution in [3.05, 3.63) is 53.1 Å². The number of carbonyl (C=O) groups excluding carboxylic acids is 1. The number of benzene rings is 2. The minimum atomic E-state index is -0.609. The van der Waals surface area contributed by atoms with Crippen molar-refractivity contribution in [2.75, 3.05) is 5.01 Å². The summed E-state index contributed by atoms with van der Waals surface area (Å²) < 4.78 is 18.4. The maximum atomic E-state index is 11.9. The van der Waals surface area contributed by atoms with Gasteiger partial charge in [0.2, 0.25) is 0 Å². The van der Waals surface area contributed by atoms with Crippen molar-refractivity contribution in [2.24, 2.45) is 11.7 Å². The minimum absolute atomic E-state index is 0.252. The molecule has 172 valence electrons. The molecule has 0 bridgehead atoms. The maximum absolute atomic E-state index is 11.9. The van der Waals surface area contributed by atoms with E-state index in [-0.39, 0.29) is 6.61 Å². The number of urea groups is 1. The second-order valence-corrected chi connectivity index (χ2v) is 8.99. The fourth-order valence-corrected chi connectivity index (χ4v) is 3.63. The molecule has 1 aliphatic heterocycles. The van der Waals surface area contributed by atoms with Crippen molar-refractivity contribution in [1.29, 1.82) is 0 Å². The quantitative estimate of drug-likeness (QED) is 0.276. The fraction of sp³-hybridized carbons (Fsp3) is 0.435. The first kappa shape index (κ1) is 24.1. The predicted octanol–water partition coefficient (Wildman–Crippen LogP) is 2.70. The average Bonchev–Trinajstić information content (AvgIpc) is 2.98. The molecule has 0 aromatic heterocycles. The minimum Gasteiger partial charge on any atom is -0.489 e. The molecular formula is C23H33BN4O4. The number of carbonyl (C=O) groups is 1. The number of nitrogens with two attached hydrogens (primary N) is 2. The lowest BCUT2D eigenvalue weighted by Gasteiger charge is -2.32. The molecule has 1 fully saturated rings. The number of hydrogen-bond acceptors (Lipinski definition) is 6. The van der Waals surface area contributed by atoms with Gasteiger partial charge in [0, 0.05) is 5.56 Å². The molecule has 0 spiro atoms. The smallest absolute Gasteiger partial charge is 0.489 e. The van der Waals surface area contributed by atoms with Crippen LogP contribution in [0.15, 0.2) is 36.4 Å². The Morgan fingerprint density at radius 1 is 1.16 bits per heavy atom. The summed E-state index contributed by atoms with van der Waals surface area (Å²) in [5.41, 5.74) is 5.56. The number of nitrogens with zero attached hydrogens (tertiary/aromatic N) is 1. The van der Waals surface area contributed by atoms with Crippen molar-refractivity contribution in [3.8, 4) is 5.75 Å². The largest absolute Gasteiger partial charge is 0.494 e. The second kappa shape index (κ2) is 9.11. The lowest BCUT2D eigenvalue weighted by atomic mass is 9.78. The van der Waals surface area contributed by atoms with E-state index in [1.807, 2.05) is 71.9 Å². The molecule has 2 amide bonds. The zero-order valence-electron chi connectivity index (χ0n) is 19.7. The van der Waals surface area contributed by atoms with Crippen LogP contribution in [0, 0.1) is 6.92 Å². The van der Waals surface area contributed by atoms with Crippen LogP contribution in [0.2, 0.25) is 0 Å². The van der Waals surface area contributed by atoms with Crippen molar-refractivity contribution < 1.29 is 18.8 Å². The molecular weight excluding hydrogens is 407 g/mol. The van der Waals surface area contributed by atoms with Gasteiger partial charge in [-0.3, -0.25) is 5.43 Å². The fourth-order valence-electron chi connectivity index (χ4n) is 3.63. The van der Waals surface area contributed by atoms with Gasteiger partial charge in [-0.05, 0) is 69.8 Å². The van der Waals surface area contributed by atoms with Gasteiger partial charge in [-0.15, -0.1) is 0 Å². The molecule has 1 aliphatic rings. The Labute approximate surface area is 190 Å². The highest BCUT2D eigenvalue weighted by Crippen LogP contribution is 2.36. The molecule has 0 radical (unpaired) electrons. The van der Waals surface area contributed by atoms with Crippen LogP contribution in [0.3, 0.4) is 0 Å². The van der Waals surface area contributed by atoms with Gasteiger partial charge in [0.1, 0.15) is 12.4 Å². The first-order chi connectivity index (χ1) is 15.0. The number of nitrogens with one attached hydrogen (secondary N) is 1. The van der Waals surface area contributed by atoms with Crippen LogP contribution < -0.4 is 32.3 Å². The van der Waals surface area contributed by atoms with Crippen molar-refractivity contribution >= 4 is 24.3 Å². The molecule has 0 aliphatic carbocycles. The standard InChI is InChI=1S/C23H33BN4O4/c1-7-16-9-8-10-19(28(26)21(29)27-25)18(16)14-30-20-12-11-17(13-15(20)2)24-31-22(3,4)23(5,6)32-24/h8-13H,7,14,25-26H2,1-6H3,(H,27,29). The first-order valence-corrected chi connectivity index (χ1v) is 10.8. The highest BCUT2D eigenvalue weighted by Gasteiger charge is 2.51. The van der Waals surface area contributed by atoms with E-state index in [2.05, 4.69) is 5.43 Å². The summed E-state index contributed by atoms with van der Waals surface area (Å²) in [6.45, 7) is 12.4. The zero-order chi connectivity index (χ0) is 23.7. The van der Waals surface area contributed by atoms with E-state index in [1.54, 1.807) is 6.07 Å². The summed E-state index contributed by atoms with van der Waals surface area (Å²) in [4.78, 5) is 11.9. The van der Waals surface area contributed by atoms with Crippen molar-refractivity contribution in [3.63, 3.8) is 0 Å². The predicted molar refractivity (Wildman–Crippen MR) is 126 cm³/mol. The van der Waals surface area contributed by atoms with Gasteiger partial charge < -0.3 is 14.0 Å². The van der Waals surface area contributed by atoms with Gasteiger partial charge in [0.05, 0.1) is 16.9 Å². The zero-order valence-corrected chi connectivity index (χ0v) is 19.7. The summed E-state index contributed by atoms with van der Waals surface area (Å²) >= 11 is 0. The van der Waals surface area contributed by atoms with Crippen LogP contribution in [0.1, 0.15) is 51.3 Å². The van der Waals surface area contributed by atoms with Crippen molar-refractivity contribution in [2.45, 2.75) is 65.8 Å². The van der Waals surface area contributed by atoms with Gasteiger partial charge in [-0.25, -0.2) is 21.5 Å². The van der Waals surface area contributed by atoms with E-state index < -0.39 is 24.4 Å². The summed E-state index contributed by atoms with van der Waals surface area (Å²) in [5, 5.41) is 0.992. The molecule has 0 saturated carbocycles. The van der Waals surface area contributed by atoms with Crippen molar-refractivity contribution in [1.82, 2.24) is 5.43 Å². The number of hydrogen-bond donors (Lipinski definition) is 3. The number of anilines is 1. The molecule has 3 rings (SSSR count). The molecule has 1 saturated heterocycles. The summed E-state index contributed by atoms with van der Waals surface area (Å²) in [7, 11) is -0.430. The van der Waals surface area contributed by atoms with E-state index in [0.717, 1.165) is 39.3 Å². The average molecular weight is 440 g/mol. The molecule has 0 unspecified atom stereocenters. The van der Waals surface area contributed by atoms with E-state index in [0.29, 0.717) is 5.69 Å². The van der Waals surface area contributed by atoms with Crippen LogP contribution >= 0.6 is 0 Å². The summed E-state index contributed by atoms with van der Waals surface area (Å²) in [6, 6.07) is 10.9. The van der Waals surface area contributed by atoms with Crippen LogP contribution in [-0.4, -0.2) is 24.4 Å². The Kier molecular flexibility index (Phi) is 6.85. The Hall–Kier alpha value is -2.59. The summed E-state index contributed by atoms with van der Waals surface area (Å²) in [5.74, 6) is 11.9. The monoisotopic (exact) mass is 440 g/mol. The van der Waals surface area contributed by atoms with Crippen LogP contribution in [0.4, 0.5) is 10.5 Å². The third kappa shape index (κ3) is 4.61. The van der Waals surface area contributed by atoms with Gasteiger partial charge in [-0.1, -0.05) is 31.2 Å². The summed E-state index contributed by atoms with van der Waals surface area (Å²) in [6.07, 6.45) is 0.768. The van der Waals surface area contributed by atoms with E-state index >= 15 is 0 Å². The third-order valence-corrected chi connectivity index (χ3v) is 6.33. The van der Waals surface area contributed by atoms with Gasteiger partial charge in [0.25, 0.3) is 0 Å². The molecule has 1 heterocycles. The SMILES string of the molecule is CCc1cccc(N(N)C(=O)NN)c1COc1ccc(B2OC(C)(C)C(C)(C)O2)cc1C. The van der Waals surface area contributed by atoms with Gasteiger partial charge in [-0.2, -0.15) is 0 Å². The number of rotatable bonds is 6. The Balaban J connectivity index is 1.81. The van der Waals surface area contributed by atoms with E-state index in [9.17, 15) is 4.79 Å². The van der Waals surface area contributed by atoms with Crippen LogP contribution in [0.5, 0.6) is 5.75 Å².